The molecule has 1 aromatic heterocycles. The first kappa shape index (κ1) is 28.5. The van der Waals surface area contributed by atoms with Gasteiger partial charge in [-0.15, -0.1) is 0 Å². The van der Waals surface area contributed by atoms with Gasteiger partial charge in [0.25, 0.3) is 0 Å². The summed E-state index contributed by atoms with van der Waals surface area (Å²) in [7, 11) is 0. The third kappa shape index (κ3) is 7.32. The first-order valence-electron chi connectivity index (χ1n) is 13.6. The van der Waals surface area contributed by atoms with E-state index in [9.17, 15) is 20.0 Å². The summed E-state index contributed by atoms with van der Waals surface area (Å²) in [5.74, 6) is 0.711. The zero-order valence-corrected chi connectivity index (χ0v) is 23.2. The maximum absolute atomic E-state index is 13.4. The molecule has 1 saturated heterocycles. The van der Waals surface area contributed by atoms with Gasteiger partial charge in [-0.25, -0.2) is 4.99 Å². The molecule has 210 valence electrons. The third-order valence-corrected chi connectivity index (χ3v) is 7.06. The number of nitrogens with zero attached hydrogens (tertiary/aromatic N) is 3. The molecule has 2 amide bonds. The molecule has 1 aliphatic heterocycles. The largest absolute Gasteiger partial charge is 0.508 e. The van der Waals surface area contributed by atoms with Crippen LogP contribution in [0.25, 0.3) is 11.0 Å². The molecule has 0 bridgehead atoms. The number of rotatable bonds is 8. The molecule has 4 N–H and O–H groups in total. The average molecular weight is 545 g/mol. The number of carbonyl (C=O) groups excluding carboxylic acids is 2. The highest BCUT2D eigenvalue weighted by atomic mass is 16.3. The van der Waals surface area contributed by atoms with Crippen molar-refractivity contribution >= 4 is 34.4 Å². The minimum absolute atomic E-state index is 0.0640. The lowest BCUT2D eigenvalue weighted by atomic mass is 10.0. The van der Waals surface area contributed by atoms with E-state index in [4.69, 9.17) is 4.42 Å². The molecule has 0 spiro atoms. The minimum Gasteiger partial charge on any atom is -0.508 e. The number of aromatic hydroxyl groups is 1. The molecule has 2 aromatic carbocycles. The van der Waals surface area contributed by atoms with Gasteiger partial charge in [-0.2, -0.15) is 5.26 Å². The summed E-state index contributed by atoms with van der Waals surface area (Å²) >= 11 is 0. The Kier molecular flexibility index (Phi) is 9.27. The molecule has 2 heterocycles. The van der Waals surface area contributed by atoms with Crippen LogP contribution in [0.5, 0.6) is 5.75 Å². The van der Waals surface area contributed by atoms with E-state index in [1.807, 2.05) is 63.4 Å². The predicted octanol–water partition coefficient (Wildman–Crippen LogP) is 4.11. The second-order valence-electron chi connectivity index (χ2n) is 10.2. The zero-order valence-electron chi connectivity index (χ0n) is 23.2. The number of benzene rings is 2. The Morgan fingerprint density at radius 2 is 2.05 bits per heavy atom. The number of carbonyl (C=O) groups is 2. The van der Waals surface area contributed by atoms with Crippen LogP contribution < -0.4 is 16.0 Å². The van der Waals surface area contributed by atoms with E-state index < -0.39 is 6.04 Å². The highest BCUT2D eigenvalue weighted by molar-refractivity contribution is 5.98. The summed E-state index contributed by atoms with van der Waals surface area (Å²) in [4.78, 5) is 32.5. The van der Waals surface area contributed by atoms with Crippen LogP contribution in [-0.4, -0.2) is 53.0 Å². The highest BCUT2D eigenvalue weighted by Crippen LogP contribution is 2.23. The van der Waals surface area contributed by atoms with Crippen LogP contribution >= 0.6 is 0 Å². The standard InChI is InChI=1S/C30H36N6O4/c1-4-23(14-21-9-8-19(2)26(37)15-21)33-28(38)17-36-12-6-5-7-25(29(36)39)35-30(32-18-31)34-24-10-11-27-22(16-24)13-20(3)40-27/h8-11,13,15-16,23,25,37H,4-7,12,14,17H2,1-3H3,(H,33,38)(H2,32,34,35). The van der Waals surface area contributed by atoms with Crippen LogP contribution in [-0.2, 0) is 16.0 Å². The number of phenolic OH excluding ortho intramolecular Hbond substituents is 1. The lowest BCUT2D eigenvalue weighted by molar-refractivity contribution is -0.136. The lowest BCUT2D eigenvalue weighted by Gasteiger charge is -2.24. The Bertz CT molecular complexity index is 1440. The number of phenols is 1. The number of aliphatic imine (C=N–C) groups is 1. The molecular formula is C30H36N6O4. The van der Waals surface area contributed by atoms with Crippen molar-refractivity contribution in [1.29, 1.82) is 5.26 Å². The van der Waals surface area contributed by atoms with E-state index in [0.29, 0.717) is 31.5 Å². The monoisotopic (exact) mass is 544 g/mol. The molecule has 3 aromatic rings. The summed E-state index contributed by atoms with van der Waals surface area (Å²) in [5.41, 5.74) is 3.18. The minimum atomic E-state index is -0.726. The highest BCUT2D eigenvalue weighted by Gasteiger charge is 2.29. The average Bonchev–Trinajstić information content (AvgIpc) is 3.21. The van der Waals surface area contributed by atoms with Gasteiger partial charge < -0.3 is 25.1 Å². The SMILES string of the molecule is CCC(Cc1ccc(C)c(O)c1)NC(=O)CN1CCCCC(N=C(NC#N)Nc2ccc3oc(C)cc3c2)C1=O. The van der Waals surface area contributed by atoms with Crippen molar-refractivity contribution < 1.29 is 19.1 Å². The van der Waals surface area contributed by atoms with Crippen molar-refractivity contribution in [2.45, 2.75) is 65.0 Å². The molecule has 10 nitrogen and oxygen atoms in total. The second-order valence-corrected chi connectivity index (χ2v) is 10.2. The molecule has 10 heteroatoms. The van der Waals surface area contributed by atoms with E-state index in [-0.39, 0.29) is 36.1 Å². The van der Waals surface area contributed by atoms with Crippen LogP contribution in [0.15, 0.2) is 51.9 Å². The number of anilines is 1. The Hall–Kier alpha value is -4.52. The van der Waals surface area contributed by atoms with E-state index in [0.717, 1.165) is 40.7 Å². The summed E-state index contributed by atoms with van der Waals surface area (Å²) in [6.45, 7) is 6.10. The first-order valence-corrected chi connectivity index (χ1v) is 13.6. The van der Waals surface area contributed by atoms with E-state index in [1.165, 1.54) is 0 Å². The number of nitrogens with one attached hydrogen (secondary N) is 3. The van der Waals surface area contributed by atoms with Gasteiger partial charge in [0, 0.05) is 23.7 Å². The molecule has 2 atom stereocenters. The van der Waals surface area contributed by atoms with Gasteiger partial charge in [-0.3, -0.25) is 14.9 Å². The summed E-state index contributed by atoms with van der Waals surface area (Å²) in [6.07, 6.45) is 5.22. The van der Waals surface area contributed by atoms with E-state index in [1.54, 1.807) is 11.0 Å². The van der Waals surface area contributed by atoms with E-state index >= 15 is 0 Å². The van der Waals surface area contributed by atoms with Gasteiger partial charge in [0.2, 0.25) is 17.8 Å². The summed E-state index contributed by atoms with van der Waals surface area (Å²) in [6, 6.07) is 12.1. The number of hydrogen-bond acceptors (Lipinski definition) is 6. The number of amides is 2. The molecule has 2 unspecified atom stereocenters. The van der Waals surface area contributed by atoms with Gasteiger partial charge in [-0.05, 0) is 87.4 Å². The number of aryl methyl sites for hydroxylation is 2. The van der Waals surface area contributed by atoms with Crippen molar-refractivity contribution in [2.75, 3.05) is 18.4 Å². The van der Waals surface area contributed by atoms with Crippen LogP contribution in [0.3, 0.4) is 0 Å². The van der Waals surface area contributed by atoms with Gasteiger partial charge >= 0.3 is 0 Å². The van der Waals surface area contributed by atoms with E-state index in [2.05, 4.69) is 20.9 Å². The summed E-state index contributed by atoms with van der Waals surface area (Å²) in [5, 5.41) is 28.9. The molecule has 0 radical (unpaired) electrons. The third-order valence-electron chi connectivity index (χ3n) is 7.06. The maximum Gasteiger partial charge on any atom is 0.247 e. The molecule has 0 saturated carbocycles. The molecule has 1 fully saturated rings. The topological polar surface area (TPSA) is 143 Å². The Morgan fingerprint density at radius 3 is 2.80 bits per heavy atom. The Labute approximate surface area is 234 Å². The number of furan rings is 1. The van der Waals surface area contributed by atoms with Crippen LogP contribution in [0.4, 0.5) is 5.69 Å². The van der Waals surface area contributed by atoms with Gasteiger partial charge in [0.05, 0.1) is 6.54 Å². The van der Waals surface area contributed by atoms with Crippen molar-refractivity contribution in [3.63, 3.8) is 0 Å². The fraction of sp³-hybridized carbons (Fsp3) is 0.400. The van der Waals surface area contributed by atoms with Gasteiger partial charge in [-0.1, -0.05) is 19.1 Å². The quantitative estimate of drug-likeness (QED) is 0.145. The van der Waals surface area contributed by atoms with Crippen molar-refractivity contribution in [3.05, 3.63) is 59.4 Å². The number of guanidine groups is 1. The predicted molar refractivity (Wildman–Crippen MR) is 154 cm³/mol. The van der Waals surface area contributed by atoms with Crippen molar-refractivity contribution in [3.8, 4) is 11.9 Å². The molecule has 0 aliphatic carbocycles. The van der Waals surface area contributed by atoms with Crippen molar-refractivity contribution in [2.24, 2.45) is 4.99 Å². The Balaban J connectivity index is 1.42. The number of fused-ring (bicyclic) bond motifs is 1. The fourth-order valence-corrected chi connectivity index (χ4v) is 4.87. The number of hydrogen-bond donors (Lipinski definition) is 4. The smallest absolute Gasteiger partial charge is 0.247 e. The second kappa shape index (κ2) is 13.0. The van der Waals surface area contributed by atoms with Gasteiger partial charge in [0.1, 0.15) is 23.1 Å². The first-order chi connectivity index (χ1) is 19.2. The summed E-state index contributed by atoms with van der Waals surface area (Å²) < 4.78 is 5.62. The normalized spacial score (nSPS) is 16.8. The van der Waals surface area contributed by atoms with Crippen molar-refractivity contribution in [1.82, 2.24) is 15.5 Å². The fourth-order valence-electron chi connectivity index (χ4n) is 4.87. The molecule has 1 aliphatic rings. The molecule has 40 heavy (non-hydrogen) atoms. The van der Waals surface area contributed by atoms with Crippen LogP contribution in [0.2, 0.25) is 0 Å². The van der Waals surface area contributed by atoms with Crippen LogP contribution in [0.1, 0.15) is 49.5 Å². The molecular weight excluding hydrogens is 508 g/mol. The van der Waals surface area contributed by atoms with Crippen LogP contribution in [0, 0.1) is 25.3 Å². The van der Waals surface area contributed by atoms with Gasteiger partial charge in [0.15, 0.2) is 6.19 Å². The zero-order chi connectivity index (χ0) is 28.6. The maximum atomic E-state index is 13.4. The lowest BCUT2D eigenvalue weighted by Crippen LogP contribution is -2.47. The molecule has 4 rings (SSSR count). The number of likely N-dealkylation sites (tertiary alicyclic amines) is 1. The number of nitriles is 1. The Morgan fingerprint density at radius 1 is 1.23 bits per heavy atom.